The molecule has 0 amide bonds. The quantitative estimate of drug-likeness (QED) is 0.366. The SMILES string of the molecule is CCNC(=NCC(O)c1ccc(C)cc1)NCC1CCCO1.I. The van der Waals surface area contributed by atoms with Crippen LogP contribution < -0.4 is 10.6 Å². The topological polar surface area (TPSA) is 65.9 Å². The number of nitrogens with zero attached hydrogens (tertiary/aromatic N) is 1. The van der Waals surface area contributed by atoms with E-state index in [0.717, 1.165) is 44.1 Å². The molecule has 1 aromatic rings. The van der Waals surface area contributed by atoms with Gasteiger partial charge in [0.15, 0.2) is 5.96 Å². The molecule has 0 radical (unpaired) electrons. The maximum atomic E-state index is 10.2. The van der Waals surface area contributed by atoms with Crippen LogP contribution in [0.2, 0.25) is 0 Å². The molecule has 2 rings (SSSR count). The van der Waals surface area contributed by atoms with E-state index >= 15 is 0 Å². The number of aliphatic hydroxyl groups excluding tert-OH is 1. The summed E-state index contributed by atoms with van der Waals surface area (Å²) in [6, 6.07) is 7.90. The molecule has 2 unspecified atom stereocenters. The highest BCUT2D eigenvalue weighted by Crippen LogP contribution is 2.14. The first-order valence-electron chi connectivity index (χ1n) is 8.07. The third kappa shape index (κ3) is 7.05. The zero-order chi connectivity index (χ0) is 15.8. The average Bonchev–Trinajstić information content (AvgIpc) is 3.04. The molecule has 2 atom stereocenters. The summed E-state index contributed by atoms with van der Waals surface area (Å²) in [5.41, 5.74) is 2.08. The van der Waals surface area contributed by atoms with Crippen molar-refractivity contribution in [2.75, 3.05) is 26.2 Å². The van der Waals surface area contributed by atoms with Crippen molar-refractivity contribution in [3.63, 3.8) is 0 Å². The van der Waals surface area contributed by atoms with Crippen molar-refractivity contribution >= 4 is 29.9 Å². The molecule has 1 fully saturated rings. The lowest BCUT2D eigenvalue weighted by Crippen LogP contribution is -2.41. The minimum atomic E-state index is -0.584. The maximum absolute atomic E-state index is 10.2. The van der Waals surface area contributed by atoms with Gasteiger partial charge < -0.3 is 20.5 Å². The Labute approximate surface area is 155 Å². The van der Waals surface area contributed by atoms with Gasteiger partial charge in [0.1, 0.15) is 0 Å². The summed E-state index contributed by atoms with van der Waals surface area (Å²) in [4.78, 5) is 4.46. The second kappa shape index (κ2) is 10.8. The number of ether oxygens (including phenoxy) is 1. The number of hydrogen-bond donors (Lipinski definition) is 3. The lowest BCUT2D eigenvalue weighted by molar-refractivity contribution is 0.113. The van der Waals surface area contributed by atoms with Crippen LogP contribution in [0, 0.1) is 6.92 Å². The van der Waals surface area contributed by atoms with Crippen molar-refractivity contribution in [1.82, 2.24) is 10.6 Å². The smallest absolute Gasteiger partial charge is 0.191 e. The summed E-state index contributed by atoms with van der Waals surface area (Å²) in [5, 5.41) is 16.7. The Morgan fingerprint density at radius 2 is 2.09 bits per heavy atom. The van der Waals surface area contributed by atoms with Crippen LogP contribution in [0.3, 0.4) is 0 Å². The molecule has 1 saturated heterocycles. The van der Waals surface area contributed by atoms with E-state index in [0.29, 0.717) is 6.54 Å². The molecule has 5 nitrogen and oxygen atoms in total. The van der Waals surface area contributed by atoms with Crippen LogP contribution >= 0.6 is 24.0 Å². The number of hydrogen-bond acceptors (Lipinski definition) is 3. The number of halogens is 1. The fourth-order valence-electron chi connectivity index (χ4n) is 2.43. The molecule has 0 saturated carbocycles. The first kappa shape index (κ1) is 20.2. The van der Waals surface area contributed by atoms with Crippen LogP contribution in [-0.2, 0) is 4.74 Å². The Balaban J connectivity index is 0.00000264. The summed E-state index contributed by atoms with van der Waals surface area (Å²) >= 11 is 0. The normalized spacial score (nSPS) is 19.1. The van der Waals surface area contributed by atoms with E-state index in [-0.39, 0.29) is 30.1 Å². The van der Waals surface area contributed by atoms with Crippen LogP contribution in [0.25, 0.3) is 0 Å². The van der Waals surface area contributed by atoms with E-state index in [9.17, 15) is 5.11 Å². The van der Waals surface area contributed by atoms with E-state index < -0.39 is 6.10 Å². The second-order valence-corrected chi connectivity index (χ2v) is 5.66. The third-order valence-electron chi connectivity index (χ3n) is 3.75. The van der Waals surface area contributed by atoms with Crippen molar-refractivity contribution in [2.45, 2.75) is 38.9 Å². The molecule has 0 bridgehead atoms. The van der Waals surface area contributed by atoms with Gasteiger partial charge in [0, 0.05) is 19.7 Å². The third-order valence-corrected chi connectivity index (χ3v) is 3.75. The van der Waals surface area contributed by atoms with Gasteiger partial charge in [-0.2, -0.15) is 0 Å². The summed E-state index contributed by atoms with van der Waals surface area (Å²) in [6.07, 6.45) is 1.91. The fourth-order valence-corrected chi connectivity index (χ4v) is 2.43. The molecule has 0 spiro atoms. The van der Waals surface area contributed by atoms with E-state index in [1.807, 2.05) is 38.1 Å². The Hall–Kier alpha value is -0.860. The molecule has 3 N–H and O–H groups in total. The lowest BCUT2D eigenvalue weighted by atomic mass is 10.1. The van der Waals surface area contributed by atoms with E-state index in [1.54, 1.807) is 0 Å². The van der Waals surface area contributed by atoms with Crippen molar-refractivity contribution in [1.29, 1.82) is 0 Å². The molecular weight excluding hydrogens is 405 g/mol. The van der Waals surface area contributed by atoms with Gasteiger partial charge in [0.05, 0.1) is 18.8 Å². The number of aryl methyl sites for hydroxylation is 1. The minimum Gasteiger partial charge on any atom is -0.386 e. The zero-order valence-electron chi connectivity index (χ0n) is 13.9. The van der Waals surface area contributed by atoms with E-state index in [1.165, 1.54) is 5.56 Å². The molecule has 1 aromatic carbocycles. The molecule has 1 aliphatic rings. The number of benzene rings is 1. The predicted octanol–water partition coefficient (Wildman–Crippen LogP) is 2.38. The number of aliphatic imine (C=N–C) groups is 1. The first-order chi connectivity index (χ1) is 10.7. The highest BCUT2D eigenvalue weighted by atomic mass is 127. The minimum absolute atomic E-state index is 0. The number of nitrogens with one attached hydrogen (secondary N) is 2. The van der Waals surface area contributed by atoms with E-state index in [2.05, 4.69) is 15.6 Å². The van der Waals surface area contributed by atoms with Gasteiger partial charge in [0.25, 0.3) is 0 Å². The number of guanidine groups is 1. The van der Waals surface area contributed by atoms with Crippen molar-refractivity contribution in [3.8, 4) is 0 Å². The summed E-state index contributed by atoms with van der Waals surface area (Å²) < 4.78 is 5.59. The standard InChI is InChI=1S/C17H27N3O2.HI/c1-3-18-17(19-11-15-5-4-10-22-15)20-12-16(21)14-8-6-13(2)7-9-14;/h6-9,15-16,21H,3-5,10-12H2,1-2H3,(H2,18,19,20);1H. The highest BCUT2D eigenvalue weighted by molar-refractivity contribution is 14.0. The Morgan fingerprint density at radius 1 is 1.35 bits per heavy atom. The Bertz CT molecular complexity index is 473. The molecule has 1 heterocycles. The lowest BCUT2D eigenvalue weighted by Gasteiger charge is -2.16. The second-order valence-electron chi connectivity index (χ2n) is 5.66. The predicted molar refractivity (Wildman–Crippen MR) is 105 cm³/mol. The summed E-state index contributed by atoms with van der Waals surface area (Å²) in [5.74, 6) is 0.726. The van der Waals surface area contributed by atoms with Gasteiger partial charge in [-0.05, 0) is 32.3 Å². The summed E-state index contributed by atoms with van der Waals surface area (Å²) in [7, 11) is 0. The number of aliphatic hydroxyl groups is 1. The van der Waals surface area contributed by atoms with Gasteiger partial charge >= 0.3 is 0 Å². The van der Waals surface area contributed by atoms with Crippen LogP contribution in [0.4, 0.5) is 0 Å². The van der Waals surface area contributed by atoms with Gasteiger partial charge in [-0.1, -0.05) is 29.8 Å². The van der Waals surface area contributed by atoms with Gasteiger partial charge in [-0.15, -0.1) is 24.0 Å². The van der Waals surface area contributed by atoms with Crippen LogP contribution in [0.5, 0.6) is 0 Å². The van der Waals surface area contributed by atoms with Gasteiger partial charge in [0.2, 0.25) is 0 Å². The molecule has 0 aromatic heterocycles. The summed E-state index contributed by atoms with van der Waals surface area (Å²) in [6.45, 7) is 6.80. The molecular formula is C17H28IN3O2. The molecule has 0 aliphatic carbocycles. The van der Waals surface area contributed by atoms with Crippen LogP contribution in [0.15, 0.2) is 29.3 Å². The van der Waals surface area contributed by atoms with Gasteiger partial charge in [-0.3, -0.25) is 4.99 Å². The van der Waals surface area contributed by atoms with Crippen LogP contribution in [-0.4, -0.2) is 43.4 Å². The molecule has 130 valence electrons. The van der Waals surface area contributed by atoms with Crippen molar-refractivity contribution < 1.29 is 9.84 Å². The fraction of sp³-hybridized carbons (Fsp3) is 0.588. The monoisotopic (exact) mass is 433 g/mol. The largest absolute Gasteiger partial charge is 0.386 e. The number of rotatable bonds is 6. The molecule has 6 heteroatoms. The van der Waals surface area contributed by atoms with E-state index in [4.69, 9.17) is 4.74 Å². The zero-order valence-corrected chi connectivity index (χ0v) is 16.2. The molecule has 1 aliphatic heterocycles. The highest BCUT2D eigenvalue weighted by Gasteiger charge is 2.15. The van der Waals surface area contributed by atoms with Crippen LogP contribution in [0.1, 0.15) is 37.0 Å². The van der Waals surface area contributed by atoms with Crippen molar-refractivity contribution in [2.24, 2.45) is 4.99 Å². The first-order valence-corrected chi connectivity index (χ1v) is 8.07. The average molecular weight is 433 g/mol. The van der Waals surface area contributed by atoms with Crippen molar-refractivity contribution in [3.05, 3.63) is 35.4 Å². The molecule has 23 heavy (non-hydrogen) atoms. The maximum Gasteiger partial charge on any atom is 0.191 e. The Kier molecular flexibility index (Phi) is 9.50. The van der Waals surface area contributed by atoms with Gasteiger partial charge in [-0.25, -0.2) is 0 Å². The Morgan fingerprint density at radius 3 is 2.70 bits per heavy atom.